The van der Waals surface area contributed by atoms with Gasteiger partial charge in [0.1, 0.15) is 5.02 Å². The van der Waals surface area contributed by atoms with Gasteiger partial charge in [0.2, 0.25) is 5.95 Å². The molecule has 0 aromatic carbocycles. The van der Waals surface area contributed by atoms with Crippen molar-refractivity contribution in [3.8, 4) is 0 Å². The van der Waals surface area contributed by atoms with Crippen molar-refractivity contribution in [2.75, 3.05) is 17.7 Å². The SMILES string of the molecule is CNc1ncc(Cl)c(NCc2cncs2)n1. The lowest BCUT2D eigenvalue weighted by molar-refractivity contribution is 1.09. The molecule has 0 aliphatic heterocycles. The molecular formula is C9H10ClN5S. The second kappa shape index (κ2) is 5.09. The van der Waals surface area contributed by atoms with E-state index < -0.39 is 0 Å². The van der Waals surface area contributed by atoms with E-state index in [2.05, 4.69) is 25.6 Å². The molecule has 2 aromatic rings. The third-order valence-electron chi connectivity index (χ3n) is 1.88. The number of halogens is 1. The van der Waals surface area contributed by atoms with E-state index in [-0.39, 0.29) is 0 Å². The summed E-state index contributed by atoms with van der Waals surface area (Å²) in [5.74, 6) is 1.16. The smallest absolute Gasteiger partial charge is 0.224 e. The lowest BCUT2D eigenvalue weighted by Crippen LogP contribution is -2.04. The van der Waals surface area contributed by atoms with E-state index >= 15 is 0 Å². The highest BCUT2D eigenvalue weighted by molar-refractivity contribution is 7.09. The summed E-state index contributed by atoms with van der Waals surface area (Å²) in [6.07, 6.45) is 3.38. The van der Waals surface area contributed by atoms with Gasteiger partial charge in [-0.15, -0.1) is 11.3 Å². The first-order valence-corrected chi connectivity index (χ1v) is 5.87. The molecule has 0 aliphatic carbocycles. The van der Waals surface area contributed by atoms with E-state index in [1.165, 1.54) is 0 Å². The Balaban J connectivity index is 2.08. The van der Waals surface area contributed by atoms with Gasteiger partial charge in [-0.3, -0.25) is 4.98 Å². The molecule has 0 spiro atoms. The maximum atomic E-state index is 5.97. The number of nitrogens with one attached hydrogen (secondary N) is 2. The maximum Gasteiger partial charge on any atom is 0.224 e. The predicted octanol–water partition coefficient (Wildman–Crippen LogP) is 2.24. The number of anilines is 2. The van der Waals surface area contributed by atoms with Crippen LogP contribution in [0.3, 0.4) is 0 Å². The minimum atomic E-state index is 0.503. The number of thiazole rings is 1. The molecule has 0 radical (unpaired) electrons. The molecule has 2 N–H and O–H groups in total. The zero-order chi connectivity index (χ0) is 11.4. The van der Waals surface area contributed by atoms with Crippen molar-refractivity contribution in [3.05, 3.63) is 27.8 Å². The van der Waals surface area contributed by atoms with Gasteiger partial charge in [0, 0.05) is 18.1 Å². The quantitative estimate of drug-likeness (QED) is 0.877. The molecule has 0 atom stereocenters. The lowest BCUT2D eigenvalue weighted by atomic mass is 10.5. The van der Waals surface area contributed by atoms with Crippen LogP contribution >= 0.6 is 22.9 Å². The summed E-state index contributed by atoms with van der Waals surface area (Å²) in [5.41, 5.74) is 1.79. The number of hydrogen-bond donors (Lipinski definition) is 2. The van der Waals surface area contributed by atoms with Crippen LogP contribution in [0.5, 0.6) is 0 Å². The Hall–Kier alpha value is -1.40. The standard InChI is InChI=1S/C9H10ClN5S/c1-11-9-14-4-7(10)8(15-9)13-3-6-2-12-5-16-6/h2,4-5H,3H2,1H3,(H2,11,13,14,15). The summed E-state index contributed by atoms with van der Waals surface area (Å²) < 4.78 is 0. The Bertz CT molecular complexity index is 459. The summed E-state index contributed by atoms with van der Waals surface area (Å²) in [7, 11) is 1.76. The van der Waals surface area contributed by atoms with Crippen LogP contribution in [0.15, 0.2) is 17.9 Å². The number of nitrogens with zero attached hydrogens (tertiary/aromatic N) is 3. The van der Waals surface area contributed by atoms with Crippen LogP contribution in [-0.2, 0) is 6.54 Å². The van der Waals surface area contributed by atoms with Crippen molar-refractivity contribution in [2.45, 2.75) is 6.54 Å². The molecule has 2 aromatic heterocycles. The van der Waals surface area contributed by atoms with Gasteiger partial charge < -0.3 is 10.6 Å². The first-order valence-electron chi connectivity index (χ1n) is 4.61. The summed E-state index contributed by atoms with van der Waals surface area (Å²) in [4.78, 5) is 13.3. The molecule has 0 saturated carbocycles. The zero-order valence-electron chi connectivity index (χ0n) is 8.57. The Kier molecular flexibility index (Phi) is 3.53. The van der Waals surface area contributed by atoms with Crippen LogP contribution in [0.25, 0.3) is 0 Å². The minimum Gasteiger partial charge on any atom is -0.364 e. The molecule has 0 unspecified atom stereocenters. The Morgan fingerprint density at radius 2 is 2.31 bits per heavy atom. The molecular weight excluding hydrogens is 246 g/mol. The highest BCUT2D eigenvalue weighted by Gasteiger charge is 2.04. The fourth-order valence-electron chi connectivity index (χ4n) is 1.11. The van der Waals surface area contributed by atoms with E-state index in [9.17, 15) is 0 Å². The predicted molar refractivity (Wildman–Crippen MR) is 66.0 cm³/mol. The number of rotatable bonds is 4. The van der Waals surface area contributed by atoms with E-state index in [4.69, 9.17) is 11.6 Å². The molecule has 0 aliphatic rings. The molecule has 2 heterocycles. The maximum absolute atomic E-state index is 5.97. The van der Waals surface area contributed by atoms with Gasteiger partial charge in [-0.2, -0.15) is 4.98 Å². The van der Waals surface area contributed by atoms with E-state index in [0.29, 0.717) is 23.3 Å². The normalized spacial score (nSPS) is 10.1. The molecule has 84 valence electrons. The summed E-state index contributed by atoms with van der Waals surface area (Å²) in [6, 6.07) is 0. The van der Waals surface area contributed by atoms with Crippen LogP contribution in [0, 0.1) is 0 Å². The van der Waals surface area contributed by atoms with Crippen molar-refractivity contribution in [3.63, 3.8) is 0 Å². The van der Waals surface area contributed by atoms with Gasteiger partial charge in [0.15, 0.2) is 5.82 Å². The third kappa shape index (κ3) is 2.59. The van der Waals surface area contributed by atoms with Crippen molar-refractivity contribution in [1.82, 2.24) is 15.0 Å². The first-order chi connectivity index (χ1) is 7.79. The zero-order valence-corrected chi connectivity index (χ0v) is 10.1. The average molecular weight is 256 g/mol. The van der Waals surface area contributed by atoms with Gasteiger partial charge in [0.25, 0.3) is 0 Å². The van der Waals surface area contributed by atoms with Gasteiger partial charge in [-0.25, -0.2) is 4.98 Å². The Labute approximate surface area is 102 Å². The Morgan fingerprint density at radius 3 is 3.00 bits per heavy atom. The van der Waals surface area contributed by atoms with Gasteiger partial charge in [-0.05, 0) is 0 Å². The summed E-state index contributed by atoms with van der Waals surface area (Å²) in [6.45, 7) is 0.657. The average Bonchev–Trinajstić information content (AvgIpc) is 2.81. The summed E-state index contributed by atoms with van der Waals surface area (Å²) in [5, 5.41) is 6.50. The van der Waals surface area contributed by atoms with Crippen LogP contribution in [0.2, 0.25) is 5.02 Å². The van der Waals surface area contributed by atoms with Crippen molar-refractivity contribution >= 4 is 34.7 Å². The van der Waals surface area contributed by atoms with Gasteiger partial charge >= 0.3 is 0 Å². The van der Waals surface area contributed by atoms with Crippen LogP contribution in [0.1, 0.15) is 4.88 Å². The lowest BCUT2D eigenvalue weighted by Gasteiger charge is -2.07. The minimum absolute atomic E-state index is 0.503. The van der Waals surface area contributed by atoms with Crippen molar-refractivity contribution < 1.29 is 0 Å². The highest BCUT2D eigenvalue weighted by atomic mass is 35.5. The monoisotopic (exact) mass is 255 g/mol. The van der Waals surface area contributed by atoms with E-state index in [1.807, 2.05) is 6.20 Å². The summed E-state index contributed by atoms with van der Waals surface area (Å²) >= 11 is 7.55. The second-order valence-electron chi connectivity index (χ2n) is 2.96. The van der Waals surface area contributed by atoms with Gasteiger partial charge in [-0.1, -0.05) is 11.6 Å². The van der Waals surface area contributed by atoms with Crippen LogP contribution in [0.4, 0.5) is 11.8 Å². The molecule has 5 nitrogen and oxygen atoms in total. The van der Waals surface area contributed by atoms with Crippen LogP contribution in [-0.4, -0.2) is 22.0 Å². The molecule has 16 heavy (non-hydrogen) atoms. The van der Waals surface area contributed by atoms with Crippen LogP contribution < -0.4 is 10.6 Å². The first kappa shape index (κ1) is 11.1. The molecule has 0 amide bonds. The highest BCUT2D eigenvalue weighted by Crippen LogP contribution is 2.20. The van der Waals surface area contributed by atoms with Crippen molar-refractivity contribution in [1.29, 1.82) is 0 Å². The fraction of sp³-hybridized carbons (Fsp3) is 0.222. The molecule has 0 bridgehead atoms. The third-order valence-corrected chi connectivity index (χ3v) is 2.94. The molecule has 0 saturated heterocycles. The molecule has 2 rings (SSSR count). The molecule has 0 fully saturated rings. The number of hydrogen-bond acceptors (Lipinski definition) is 6. The molecule has 7 heteroatoms. The fourth-order valence-corrected chi connectivity index (χ4v) is 1.80. The van der Waals surface area contributed by atoms with E-state index in [0.717, 1.165) is 4.88 Å². The van der Waals surface area contributed by atoms with Gasteiger partial charge in [0.05, 0.1) is 18.3 Å². The largest absolute Gasteiger partial charge is 0.364 e. The Morgan fingerprint density at radius 1 is 1.44 bits per heavy atom. The number of aromatic nitrogens is 3. The van der Waals surface area contributed by atoms with Crippen molar-refractivity contribution in [2.24, 2.45) is 0 Å². The van der Waals surface area contributed by atoms with E-state index in [1.54, 1.807) is 30.1 Å². The topological polar surface area (TPSA) is 62.7 Å². The second-order valence-corrected chi connectivity index (χ2v) is 4.34.